The van der Waals surface area contributed by atoms with E-state index in [9.17, 15) is 14.4 Å². The standard InChI is InChI=1S/C21H21NO4/c1-2-26-21(25)16-12-10-15(11-13-16)7-5-6-14-22-19(23)17-8-3-4-9-18(17)20(22)24/h3-4,8-13H,2,5-7,14H2,1H3. The van der Waals surface area contributed by atoms with Gasteiger partial charge in [0, 0.05) is 6.54 Å². The molecule has 1 aliphatic heterocycles. The Balaban J connectivity index is 1.48. The minimum Gasteiger partial charge on any atom is -0.462 e. The van der Waals surface area contributed by atoms with E-state index in [2.05, 4.69) is 0 Å². The normalized spacial score (nSPS) is 13.0. The molecule has 0 saturated carbocycles. The molecule has 0 saturated heterocycles. The molecule has 0 fully saturated rings. The first-order valence-corrected chi connectivity index (χ1v) is 8.83. The van der Waals surface area contributed by atoms with Gasteiger partial charge in [-0.3, -0.25) is 14.5 Å². The van der Waals surface area contributed by atoms with Crippen molar-refractivity contribution in [3.8, 4) is 0 Å². The van der Waals surface area contributed by atoms with E-state index in [1.807, 2.05) is 12.1 Å². The second-order valence-corrected chi connectivity index (χ2v) is 6.18. The van der Waals surface area contributed by atoms with Crippen molar-refractivity contribution < 1.29 is 19.1 Å². The van der Waals surface area contributed by atoms with Crippen molar-refractivity contribution in [1.82, 2.24) is 4.90 Å². The minimum atomic E-state index is -0.315. The molecule has 0 bridgehead atoms. The Morgan fingerprint density at radius 1 is 0.923 bits per heavy atom. The van der Waals surface area contributed by atoms with Crippen molar-refractivity contribution in [1.29, 1.82) is 0 Å². The number of ether oxygens (including phenoxy) is 1. The highest BCUT2D eigenvalue weighted by atomic mass is 16.5. The van der Waals surface area contributed by atoms with Gasteiger partial charge in [-0.15, -0.1) is 0 Å². The number of fused-ring (bicyclic) bond motifs is 1. The lowest BCUT2D eigenvalue weighted by Gasteiger charge is -2.13. The van der Waals surface area contributed by atoms with E-state index in [4.69, 9.17) is 4.74 Å². The summed E-state index contributed by atoms with van der Waals surface area (Å²) in [5.74, 6) is -0.724. The van der Waals surface area contributed by atoms with Gasteiger partial charge >= 0.3 is 5.97 Å². The van der Waals surface area contributed by atoms with E-state index in [0.29, 0.717) is 29.8 Å². The second kappa shape index (κ2) is 7.95. The summed E-state index contributed by atoms with van der Waals surface area (Å²) in [6.45, 7) is 2.56. The van der Waals surface area contributed by atoms with Gasteiger partial charge in [0.05, 0.1) is 23.3 Å². The topological polar surface area (TPSA) is 63.7 Å². The maximum atomic E-state index is 12.3. The molecule has 5 nitrogen and oxygen atoms in total. The highest BCUT2D eigenvalue weighted by Crippen LogP contribution is 2.22. The Bertz CT molecular complexity index is 791. The van der Waals surface area contributed by atoms with Crippen LogP contribution in [0.5, 0.6) is 0 Å². The summed E-state index contributed by atoms with van der Waals surface area (Å²) in [6, 6.07) is 14.3. The molecule has 0 spiro atoms. The van der Waals surface area contributed by atoms with Gasteiger partial charge in [0.2, 0.25) is 0 Å². The van der Waals surface area contributed by atoms with Crippen LogP contribution in [0.1, 0.15) is 56.4 Å². The Kier molecular flexibility index (Phi) is 5.46. The predicted molar refractivity (Wildman–Crippen MR) is 97.1 cm³/mol. The number of hydrogen-bond acceptors (Lipinski definition) is 4. The minimum absolute atomic E-state index is 0.204. The molecule has 0 aliphatic carbocycles. The van der Waals surface area contributed by atoms with E-state index in [-0.39, 0.29) is 17.8 Å². The fraction of sp³-hybridized carbons (Fsp3) is 0.286. The molecule has 0 radical (unpaired) electrons. The van der Waals surface area contributed by atoms with Crippen LogP contribution in [0.25, 0.3) is 0 Å². The number of amides is 2. The summed E-state index contributed by atoms with van der Waals surface area (Å²) in [5, 5.41) is 0. The quantitative estimate of drug-likeness (QED) is 0.435. The van der Waals surface area contributed by atoms with Crippen LogP contribution in [0, 0.1) is 0 Å². The van der Waals surface area contributed by atoms with Gasteiger partial charge in [-0.25, -0.2) is 4.79 Å². The van der Waals surface area contributed by atoms with Crippen molar-refractivity contribution in [3.05, 3.63) is 70.8 Å². The van der Waals surface area contributed by atoms with Gasteiger partial charge in [0.25, 0.3) is 11.8 Å². The molecule has 0 N–H and O–H groups in total. The van der Waals surface area contributed by atoms with Crippen molar-refractivity contribution in [2.75, 3.05) is 13.2 Å². The van der Waals surface area contributed by atoms with Gasteiger partial charge < -0.3 is 4.74 Å². The molecule has 2 aromatic carbocycles. The van der Waals surface area contributed by atoms with Crippen LogP contribution >= 0.6 is 0 Å². The smallest absolute Gasteiger partial charge is 0.338 e. The average Bonchev–Trinajstić information content (AvgIpc) is 2.91. The van der Waals surface area contributed by atoms with Gasteiger partial charge in [-0.2, -0.15) is 0 Å². The van der Waals surface area contributed by atoms with E-state index in [0.717, 1.165) is 24.8 Å². The molecular formula is C21H21NO4. The summed E-state index contributed by atoms with van der Waals surface area (Å²) in [6.07, 6.45) is 2.42. The van der Waals surface area contributed by atoms with E-state index in [1.54, 1.807) is 43.3 Å². The number of imide groups is 1. The molecule has 0 atom stereocenters. The third-order valence-electron chi connectivity index (χ3n) is 4.44. The fourth-order valence-electron chi connectivity index (χ4n) is 3.06. The van der Waals surface area contributed by atoms with Crippen molar-refractivity contribution >= 4 is 17.8 Å². The Hall–Kier alpha value is -2.95. The maximum absolute atomic E-state index is 12.3. The lowest BCUT2D eigenvalue weighted by atomic mass is 10.1. The number of nitrogens with zero attached hydrogens (tertiary/aromatic N) is 1. The molecule has 5 heteroatoms. The zero-order chi connectivity index (χ0) is 18.5. The first kappa shape index (κ1) is 17.9. The molecule has 26 heavy (non-hydrogen) atoms. The van der Waals surface area contributed by atoms with E-state index < -0.39 is 0 Å². The zero-order valence-corrected chi connectivity index (χ0v) is 14.7. The molecule has 1 aliphatic rings. The van der Waals surface area contributed by atoms with Gasteiger partial charge in [0.1, 0.15) is 0 Å². The molecular weight excluding hydrogens is 330 g/mol. The van der Waals surface area contributed by atoms with Crippen molar-refractivity contribution in [2.45, 2.75) is 26.2 Å². The molecule has 2 aromatic rings. The zero-order valence-electron chi connectivity index (χ0n) is 14.7. The summed E-state index contributed by atoms with van der Waals surface area (Å²) in [7, 11) is 0. The van der Waals surface area contributed by atoms with Crippen LogP contribution < -0.4 is 0 Å². The van der Waals surface area contributed by atoms with Crippen LogP contribution in [0.4, 0.5) is 0 Å². The predicted octanol–water partition coefficient (Wildman–Crippen LogP) is 3.48. The second-order valence-electron chi connectivity index (χ2n) is 6.18. The Morgan fingerprint density at radius 3 is 2.12 bits per heavy atom. The van der Waals surface area contributed by atoms with Crippen molar-refractivity contribution in [2.24, 2.45) is 0 Å². The van der Waals surface area contributed by atoms with Crippen molar-refractivity contribution in [3.63, 3.8) is 0 Å². The highest BCUT2D eigenvalue weighted by Gasteiger charge is 2.34. The molecule has 1 heterocycles. The third-order valence-corrected chi connectivity index (χ3v) is 4.44. The van der Waals surface area contributed by atoms with Crippen LogP contribution in [0.2, 0.25) is 0 Å². The number of carbonyl (C=O) groups excluding carboxylic acids is 3. The number of unbranched alkanes of at least 4 members (excludes halogenated alkanes) is 1. The molecule has 2 amide bonds. The van der Waals surface area contributed by atoms with E-state index in [1.165, 1.54) is 4.90 Å². The largest absolute Gasteiger partial charge is 0.462 e. The van der Waals surface area contributed by atoms with E-state index >= 15 is 0 Å². The van der Waals surface area contributed by atoms with Crippen LogP contribution in [0.15, 0.2) is 48.5 Å². The van der Waals surface area contributed by atoms with Gasteiger partial charge in [-0.1, -0.05) is 24.3 Å². The number of benzene rings is 2. The van der Waals surface area contributed by atoms with Gasteiger partial charge in [-0.05, 0) is 56.0 Å². The summed E-state index contributed by atoms with van der Waals surface area (Å²) in [5.41, 5.74) is 2.64. The lowest BCUT2D eigenvalue weighted by molar-refractivity contribution is 0.0525. The van der Waals surface area contributed by atoms with Crippen LogP contribution in [-0.2, 0) is 11.2 Å². The third kappa shape index (κ3) is 3.67. The molecule has 134 valence electrons. The lowest BCUT2D eigenvalue weighted by Crippen LogP contribution is -2.30. The monoisotopic (exact) mass is 351 g/mol. The van der Waals surface area contributed by atoms with Gasteiger partial charge in [0.15, 0.2) is 0 Å². The Morgan fingerprint density at radius 2 is 1.54 bits per heavy atom. The number of rotatable bonds is 7. The molecule has 0 aromatic heterocycles. The highest BCUT2D eigenvalue weighted by molar-refractivity contribution is 6.21. The first-order valence-electron chi connectivity index (χ1n) is 8.83. The summed E-state index contributed by atoms with van der Waals surface area (Å²) < 4.78 is 4.96. The summed E-state index contributed by atoms with van der Waals surface area (Å²) in [4.78, 5) is 37.5. The number of hydrogen-bond donors (Lipinski definition) is 0. The van der Waals surface area contributed by atoms with Crippen LogP contribution in [-0.4, -0.2) is 35.8 Å². The maximum Gasteiger partial charge on any atom is 0.338 e. The SMILES string of the molecule is CCOC(=O)c1ccc(CCCCN2C(=O)c3ccccc3C2=O)cc1. The molecule has 3 rings (SSSR count). The molecule has 0 unspecified atom stereocenters. The number of aryl methyl sites for hydroxylation is 1. The number of carbonyl (C=O) groups is 3. The number of esters is 1. The Labute approximate surface area is 152 Å². The van der Waals surface area contributed by atoms with Crippen LogP contribution in [0.3, 0.4) is 0 Å². The first-order chi connectivity index (χ1) is 12.6. The fourth-order valence-corrected chi connectivity index (χ4v) is 3.06. The summed E-state index contributed by atoms with van der Waals surface area (Å²) >= 11 is 0. The average molecular weight is 351 g/mol.